The van der Waals surface area contributed by atoms with Crippen LogP contribution in [0.5, 0.6) is 0 Å². The van der Waals surface area contributed by atoms with Crippen LogP contribution in [0.2, 0.25) is 0 Å². The molecule has 0 saturated carbocycles. The lowest BCUT2D eigenvalue weighted by molar-refractivity contribution is 0.188. The van der Waals surface area contributed by atoms with Crippen molar-refractivity contribution < 1.29 is 4.79 Å². The highest BCUT2D eigenvalue weighted by molar-refractivity contribution is 5.75. The highest BCUT2D eigenvalue weighted by atomic mass is 16.2. The molecule has 0 radical (unpaired) electrons. The highest BCUT2D eigenvalue weighted by Crippen LogP contribution is 2.21. The molecule has 1 aromatic carbocycles. The average molecular weight is 416 g/mol. The summed E-state index contributed by atoms with van der Waals surface area (Å²) in [6.45, 7) is 4.30. The van der Waals surface area contributed by atoms with E-state index in [9.17, 15) is 10.1 Å². The van der Waals surface area contributed by atoms with E-state index in [1.165, 1.54) is 0 Å². The minimum atomic E-state index is -0.0157. The molecule has 0 bridgehead atoms. The molecule has 2 amide bonds. The predicted octanol–water partition coefficient (Wildman–Crippen LogP) is 2.33. The summed E-state index contributed by atoms with van der Waals surface area (Å²) in [4.78, 5) is 23.3. The van der Waals surface area contributed by atoms with E-state index in [2.05, 4.69) is 32.2 Å². The molecule has 1 aromatic heterocycles. The van der Waals surface area contributed by atoms with Crippen molar-refractivity contribution in [2.45, 2.75) is 18.9 Å². The van der Waals surface area contributed by atoms with Crippen molar-refractivity contribution in [3.63, 3.8) is 0 Å². The average Bonchev–Trinajstić information content (AvgIpc) is 2.84. The molecule has 8 nitrogen and oxygen atoms in total. The third kappa shape index (κ3) is 4.70. The van der Waals surface area contributed by atoms with Crippen molar-refractivity contribution in [1.82, 2.24) is 15.2 Å². The molecule has 1 N–H and O–H groups in total. The third-order valence-electron chi connectivity index (χ3n) is 5.96. The summed E-state index contributed by atoms with van der Waals surface area (Å²) >= 11 is 0. The number of nitrogens with one attached hydrogen (secondary N) is 1. The van der Waals surface area contributed by atoms with Crippen molar-refractivity contribution in [2.24, 2.45) is 0 Å². The van der Waals surface area contributed by atoms with Crippen molar-refractivity contribution in [3.8, 4) is 12.1 Å². The Morgan fingerprint density at radius 3 is 2.29 bits per heavy atom. The molecular formula is C23H25N7O. The summed E-state index contributed by atoms with van der Waals surface area (Å²) in [7, 11) is 0. The lowest BCUT2D eigenvalue weighted by Gasteiger charge is -2.38. The maximum atomic E-state index is 12.7. The Balaban J connectivity index is 1.24. The largest absolute Gasteiger partial charge is 0.371 e. The van der Waals surface area contributed by atoms with Crippen LogP contribution >= 0.6 is 0 Å². The van der Waals surface area contributed by atoms with Crippen molar-refractivity contribution in [1.29, 1.82) is 10.5 Å². The molecule has 0 spiro atoms. The second-order valence-corrected chi connectivity index (χ2v) is 7.83. The van der Waals surface area contributed by atoms with Gasteiger partial charge in [0.2, 0.25) is 0 Å². The van der Waals surface area contributed by atoms with Crippen molar-refractivity contribution >= 4 is 17.5 Å². The smallest absolute Gasteiger partial charge is 0.317 e. The highest BCUT2D eigenvalue weighted by Gasteiger charge is 2.26. The van der Waals surface area contributed by atoms with E-state index in [0.717, 1.165) is 31.6 Å². The van der Waals surface area contributed by atoms with Crippen LogP contribution in [0.1, 0.15) is 24.0 Å². The van der Waals surface area contributed by atoms with E-state index in [4.69, 9.17) is 5.26 Å². The maximum absolute atomic E-state index is 12.7. The Bertz CT molecular complexity index is 992. The Labute approximate surface area is 182 Å². The first kappa shape index (κ1) is 20.5. The Morgan fingerprint density at radius 2 is 1.65 bits per heavy atom. The number of rotatable bonds is 3. The first-order chi connectivity index (χ1) is 15.2. The molecule has 0 unspecified atom stereocenters. The van der Waals surface area contributed by atoms with Crippen LogP contribution in [0.4, 0.5) is 16.3 Å². The van der Waals surface area contributed by atoms with E-state index >= 15 is 0 Å². The molecule has 2 saturated heterocycles. The summed E-state index contributed by atoms with van der Waals surface area (Å²) in [6, 6.07) is 15.7. The SMILES string of the molecule is N#Cc1ccc(N2CCC(NC(=O)N3CCN(c4ncccc4C#N)CC3)CC2)cc1. The van der Waals surface area contributed by atoms with E-state index < -0.39 is 0 Å². The molecule has 2 aliphatic heterocycles. The van der Waals surface area contributed by atoms with E-state index in [-0.39, 0.29) is 12.1 Å². The molecule has 4 rings (SSSR count). The van der Waals surface area contributed by atoms with Gasteiger partial charge in [0.15, 0.2) is 0 Å². The van der Waals surface area contributed by atoms with Crippen LogP contribution in [-0.4, -0.2) is 61.2 Å². The van der Waals surface area contributed by atoms with Gasteiger partial charge in [-0.3, -0.25) is 0 Å². The van der Waals surface area contributed by atoms with Gasteiger partial charge in [-0.25, -0.2) is 9.78 Å². The van der Waals surface area contributed by atoms with E-state index in [0.29, 0.717) is 43.1 Å². The summed E-state index contributed by atoms with van der Waals surface area (Å²) in [5.41, 5.74) is 2.35. The van der Waals surface area contributed by atoms with Crippen LogP contribution in [0.15, 0.2) is 42.6 Å². The third-order valence-corrected chi connectivity index (χ3v) is 5.96. The van der Waals surface area contributed by atoms with Gasteiger partial charge in [0.1, 0.15) is 11.9 Å². The van der Waals surface area contributed by atoms with E-state index in [1.807, 2.05) is 29.2 Å². The number of hydrogen-bond donors (Lipinski definition) is 1. The number of carbonyl (C=O) groups is 1. The van der Waals surface area contributed by atoms with Crippen LogP contribution in [0.3, 0.4) is 0 Å². The normalized spacial score (nSPS) is 17.0. The lowest BCUT2D eigenvalue weighted by atomic mass is 10.0. The van der Waals surface area contributed by atoms with Gasteiger partial charge in [-0.15, -0.1) is 0 Å². The minimum Gasteiger partial charge on any atom is -0.371 e. The number of anilines is 2. The fourth-order valence-electron chi connectivity index (χ4n) is 4.15. The summed E-state index contributed by atoms with van der Waals surface area (Å²) < 4.78 is 0. The number of nitrogens with zero attached hydrogens (tertiary/aromatic N) is 6. The first-order valence-corrected chi connectivity index (χ1v) is 10.6. The zero-order valence-electron chi connectivity index (χ0n) is 17.4. The topological polar surface area (TPSA) is 99.3 Å². The molecule has 31 heavy (non-hydrogen) atoms. The number of aromatic nitrogens is 1. The standard InChI is InChI=1S/C23H25N7O/c24-16-18-3-5-21(6-4-18)28-10-7-20(8-11-28)27-23(31)30-14-12-29(13-15-30)22-19(17-25)2-1-9-26-22/h1-6,9,20H,7-8,10-15H2,(H,27,31). The predicted molar refractivity (Wildman–Crippen MR) is 118 cm³/mol. The minimum absolute atomic E-state index is 0.0157. The van der Waals surface area contributed by atoms with Gasteiger partial charge < -0.3 is 20.0 Å². The van der Waals surface area contributed by atoms with Crippen LogP contribution in [0.25, 0.3) is 0 Å². The number of piperidine rings is 1. The lowest BCUT2D eigenvalue weighted by Crippen LogP contribution is -2.55. The maximum Gasteiger partial charge on any atom is 0.317 e. The number of carbonyl (C=O) groups excluding carboxylic acids is 1. The number of urea groups is 1. The van der Waals surface area contributed by atoms with Gasteiger partial charge in [-0.05, 0) is 49.2 Å². The molecule has 3 heterocycles. The van der Waals surface area contributed by atoms with Gasteiger partial charge in [0.25, 0.3) is 0 Å². The summed E-state index contributed by atoms with van der Waals surface area (Å²) in [5.74, 6) is 0.695. The molecule has 0 atom stereocenters. The van der Waals surface area contributed by atoms with Crippen LogP contribution < -0.4 is 15.1 Å². The summed E-state index contributed by atoms with van der Waals surface area (Å²) in [6.07, 6.45) is 3.48. The van der Waals surface area contributed by atoms with Gasteiger partial charge in [-0.1, -0.05) is 0 Å². The molecule has 0 aliphatic carbocycles. The quantitative estimate of drug-likeness (QED) is 0.826. The molecule has 2 aromatic rings. The van der Waals surface area contributed by atoms with Gasteiger partial charge in [-0.2, -0.15) is 10.5 Å². The number of piperazine rings is 1. The molecule has 158 valence electrons. The van der Waals surface area contributed by atoms with Gasteiger partial charge >= 0.3 is 6.03 Å². The summed E-state index contributed by atoms with van der Waals surface area (Å²) in [5, 5.41) is 21.4. The monoisotopic (exact) mass is 415 g/mol. The first-order valence-electron chi connectivity index (χ1n) is 10.6. The zero-order chi connectivity index (χ0) is 21.6. The number of nitriles is 2. The van der Waals surface area contributed by atoms with Gasteiger partial charge in [0.05, 0.1) is 17.2 Å². The zero-order valence-corrected chi connectivity index (χ0v) is 17.4. The second-order valence-electron chi connectivity index (χ2n) is 7.83. The molecule has 8 heteroatoms. The van der Waals surface area contributed by atoms with Crippen LogP contribution in [-0.2, 0) is 0 Å². The number of benzene rings is 1. The van der Waals surface area contributed by atoms with Gasteiger partial charge in [0, 0.05) is 57.2 Å². The fraction of sp³-hybridized carbons (Fsp3) is 0.391. The molecule has 2 aliphatic rings. The van der Waals surface area contributed by atoms with E-state index in [1.54, 1.807) is 18.3 Å². The Kier molecular flexibility index (Phi) is 6.18. The molecule has 2 fully saturated rings. The van der Waals surface area contributed by atoms with Crippen LogP contribution in [0, 0.1) is 22.7 Å². The van der Waals surface area contributed by atoms with Crippen molar-refractivity contribution in [3.05, 3.63) is 53.7 Å². The van der Waals surface area contributed by atoms with Crippen molar-refractivity contribution in [2.75, 3.05) is 49.1 Å². The number of hydrogen-bond acceptors (Lipinski definition) is 6. The Hall–Kier alpha value is -3.78. The number of pyridine rings is 1. The number of amides is 2. The second kappa shape index (κ2) is 9.36. The Morgan fingerprint density at radius 1 is 0.935 bits per heavy atom. The molecular weight excluding hydrogens is 390 g/mol. The fourth-order valence-corrected chi connectivity index (χ4v) is 4.15.